The van der Waals surface area contributed by atoms with E-state index in [0.29, 0.717) is 12.2 Å². The zero-order chi connectivity index (χ0) is 22.1. The predicted octanol–water partition coefficient (Wildman–Crippen LogP) is 2.92. The van der Waals surface area contributed by atoms with Crippen molar-refractivity contribution in [3.63, 3.8) is 0 Å². The average molecular weight is 433 g/mol. The highest BCUT2D eigenvalue weighted by Crippen LogP contribution is 2.21. The van der Waals surface area contributed by atoms with Gasteiger partial charge in [0.25, 0.3) is 0 Å². The van der Waals surface area contributed by atoms with Crippen LogP contribution in [0.3, 0.4) is 0 Å². The Kier molecular flexibility index (Phi) is 9.43. The van der Waals surface area contributed by atoms with E-state index in [1.165, 1.54) is 18.4 Å². The lowest BCUT2D eigenvalue weighted by atomic mass is 10.1. The molecule has 2 heterocycles. The van der Waals surface area contributed by atoms with Crippen molar-refractivity contribution in [2.45, 2.75) is 50.4 Å². The number of hydrogen-bond acceptors (Lipinski definition) is 5. The summed E-state index contributed by atoms with van der Waals surface area (Å²) in [5.74, 6) is 1.85. The van der Waals surface area contributed by atoms with Crippen molar-refractivity contribution < 1.29 is 14.2 Å². The van der Waals surface area contributed by atoms with Gasteiger partial charge in [-0.1, -0.05) is 12.1 Å². The SMILES string of the molecule is CN=C(NCC(c1ccc(OC)cc1)N(C)C)N1CCC(OCC2CCCCO2)CC1. The minimum absolute atomic E-state index is 0.249. The first-order valence-electron chi connectivity index (χ1n) is 11.6. The first kappa shape index (κ1) is 23.8. The van der Waals surface area contributed by atoms with Gasteiger partial charge in [-0.2, -0.15) is 0 Å². The van der Waals surface area contributed by atoms with Gasteiger partial charge in [0.15, 0.2) is 5.96 Å². The van der Waals surface area contributed by atoms with E-state index in [-0.39, 0.29) is 6.04 Å². The molecule has 2 fully saturated rings. The number of likely N-dealkylation sites (N-methyl/N-ethyl adjacent to an activating group) is 1. The van der Waals surface area contributed by atoms with Crippen molar-refractivity contribution >= 4 is 5.96 Å². The van der Waals surface area contributed by atoms with Crippen LogP contribution in [0.25, 0.3) is 0 Å². The number of methoxy groups -OCH3 is 1. The minimum atomic E-state index is 0.249. The average Bonchev–Trinajstić information content (AvgIpc) is 2.82. The molecule has 0 bridgehead atoms. The van der Waals surface area contributed by atoms with E-state index in [0.717, 1.165) is 63.8 Å². The topological polar surface area (TPSA) is 58.6 Å². The Balaban J connectivity index is 1.45. The third-order valence-corrected chi connectivity index (χ3v) is 6.32. The largest absolute Gasteiger partial charge is 0.497 e. The number of ether oxygens (including phenoxy) is 3. The predicted molar refractivity (Wildman–Crippen MR) is 125 cm³/mol. The molecule has 2 aliphatic heterocycles. The van der Waals surface area contributed by atoms with Crippen molar-refractivity contribution in [1.82, 2.24) is 15.1 Å². The number of hydrogen-bond donors (Lipinski definition) is 1. The summed E-state index contributed by atoms with van der Waals surface area (Å²) in [5.41, 5.74) is 1.26. The normalized spacial score (nSPS) is 21.9. The Bertz CT molecular complexity index is 666. The second-order valence-corrected chi connectivity index (χ2v) is 8.69. The number of rotatable bonds is 8. The number of likely N-dealkylation sites (tertiary alicyclic amines) is 1. The monoisotopic (exact) mass is 432 g/mol. The summed E-state index contributed by atoms with van der Waals surface area (Å²) in [4.78, 5) is 9.12. The molecule has 0 aromatic heterocycles. The van der Waals surface area contributed by atoms with Crippen molar-refractivity contribution in [3.8, 4) is 5.75 Å². The molecule has 3 rings (SSSR count). The third kappa shape index (κ3) is 7.09. The Morgan fingerprint density at radius 3 is 2.52 bits per heavy atom. The molecule has 0 spiro atoms. The van der Waals surface area contributed by atoms with Crippen LogP contribution in [0.15, 0.2) is 29.3 Å². The van der Waals surface area contributed by atoms with E-state index in [2.05, 4.69) is 46.3 Å². The molecule has 0 amide bonds. The molecule has 7 heteroatoms. The number of benzene rings is 1. The summed E-state index contributed by atoms with van der Waals surface area (Å²) in [5, 5.41) is 3.59. The molecule has 0 aliphatic carbocycles. The van der Waals surface area contributed by atoms with Crippen LogP contribution in [-0.2, 0) is 9.47 Å². The lowest BCUT2D eigenvalue weighted by molar-refractivity contribution is -0.0721. The minimum Gasteiger partial charge on any atom is -0.497 e. The van der Waals surface area contributed by atoms with Crippen LogP contribution in [-0.4, -0.2) is 89.1 Å². The van der Waals surface area contributed by atoms with Gasteiger partial charge in [-0.05, 0) is 63.9 Å². The maximum Gasteiger partial charge on any atom is 0.193 e. The molecule has 174 valence electrons. The van der Waals surface area contributed by atoms with E-state index in [1.807, 2.05) is 19.2 Å². The molecular weight excluding hydrogens is 392 g/mol. The maximum atomic E-state index is 6.16. The van der Waals surface area contributed by atoms with Crippen LogP contribution >= 0.6 is 0 Å². The highest BCUT2D eigenvalue weighted by atomic mass is 16.5. The lowest BCUT2D eigenvalue weighted by Crippen LogP contribution is -2.48. The molecule has 2 unspecified atom stereocenters. The van der Waals surface area contributed by atoms with Gasteiger partial charge < -0.3 is 29.3 Å². The zero-order valence-electron chi connectivity index (χ0n) is 19.7. The molecule has 1 N–H and O–H groups in total. The zero-order valence-corrected chi connectivity index (χ0v) is 19.7. The van der Waals surface area contributed by atoms with Gasteiger partial charge >= 0.3 is 0 Å². The number of piperidine rings is 1. The van der Waals surface area contributed by atoms with E-state index in [9.17, 15) is 0 Å². The fourth-order valence-electron chi connectivity index (χ4n) is 4.36. The fraction of sp³-hybridized carbons (Fsp3) is 0.708. The molecule has 1 aromatic carbocycles. The summed E-state index contributed by atoms with van der Waals surface area (Å²) in [6, 6.07) is 8.55. The molecule has 2 atom stereocenters. The summed E-state index contributed by atoms with van der Waals surface area (Å²) >= 11 is 0. The van der Waals surface area contributed by atoms with Crippen molar-refractivity contribution in [1.29, 1.82) is 0 Å². The van der Waals surface area contributed by atoms with Crippen LogP contribution in [0.1, 0.15) is 43.7 Å². The van der Waals surface area contributed by atoms with Gasteiger partial charge in [0.05, 0.1) is 32.0 Å². The van der Waals surface area contributed by atoms with Crippen LogP contribution in [0, 0.1) is 0 Å². The second-order valence-electron chi connectivity index (χ2n) is 8.69. The van der Waals surface area contributed by atoms with Gasteiger partial charge in [0.1, 0.15) is 5.75 Å². The molecule has 0 radical (unpaired) electrons. The Morgan fingerprint density at radius 2 is 1.94 bits per heavy atom. The van der Waals surface area contributed by atoms with E-state index in [1.54, 1.807) is 7.11 Å². The van der Waals surface area contributed by atoms with Crippen LogP contribution in [0.4, 0.5) is 0 Å². The van der Waals surface area contributed by atoms with E-state index >= 15 is 0 Å². The van der Waals surface area contributed by atoms with E-state index < -0.39 is 0 Å². The third-order valence-electron chi connectivity index (χ3n) is 6.32. The Morgan fingerprint density at radius 1 is 1.19 bits per heavy atom. The molecule has 1 aromatic rings. The van der Waals surface area contributed by atoms with Gasteiger partial charge in [0.2, 0.25) is 0 Å². The second kappa shape index (κ2) is 12.3. The van der Waals surface area contributed by atoms with Crippen LogP contribution < -0.4 is 10.1 Å². The van der Waals surface area contributed by atoms with Crippen molar-refractivity contribution in [2.75, 3.05) is 61.1 Å². The number of nitrogens with one attached hydrogen (secondary N) is 1. The maximum absolute atomic E-state index is 6.16. The smallest absolute Gasteiger partial charge is 0.193 e. The quantitative estimate of drug-likeness (QED) is 0.504. The number of aliphatic imine (C=N–C) groups is 1. The molecule has 2 saturated heterocycles. The Hall–Kier alpha value is -1.83. The number of nitrogens with zero attached hydrogens (tertiary/aromatic N) is 3. The van der Waals surface area contributed by atoms with Crippen molar-refractivity contribution in [3.05, 3.63) is 29.8 Å². The number of guanidine groups is 1. The highest BCUT2D eigenvalue weighted by Gasteiger charge is 2.24. The Labute approximate surface area is 187 Å². The highest BCUT2D eigenvalue weighted by molar-refractivity contribution is 5.80. The summed E-state index contributed by atoms with van der Waals surface area (Å²) in [6.07, 6.45) is 6.27. The first-order valence-corrected chi connectivity index (χ1v) is 11.6. The van der Waals surface area contributed by atoms with Crippen molar-refractivity contribution in [2.24, 2.45) is 4.99 Å². The van der Waals surface area contributed by atoms with Gasteiger partial charge in [-0.15, -0.1) is 0 Å². The van der Waals surface area contributed by atoms with Gasteiger partial charge in [-0.3, -0.25) is 4.99 Å². The molecule has 2 aliphatic rings. The van der Waals surface area contributed by atoms with Gasteiger partial charge in [0, 0.05) is 33.3 Å². The summed E-state index contributed by atoms with van der Waals surface area (Å²) in [7, 11) is 7.78. The fourth-order valence-corrected chi connectivity index (χ4v) is 4.36. The summed E-state index contributed by atoms with van der Waals surface area (Å²) < 4.78 is 17.2. The van der Waals surface area contributed by atoms with E-state index in [4.69, 9.17) is 14.2 Å². The molecule has 7 nitrogen and oxygen atoms in total. The summed E-state index contributed by atoms with van der Waals surface area (Å²) in [6.45, 7) is 4.35. The first-order chi connectivity index (χ1) is 15.1. The standard InChI is InChI=1S/C24H40N4O3/c1-25-24(26-17-23(27(2)3)19-8-10-20(29-4)11-9-19)28-14-12-21(13-15-28)31-18-22-7-5-6-16-30-22/h8-11,21-23H,5-7,12-18H2,1-4H3,(H,25,26). The molecule has 0 saturated carbocycles. The molecular formula is C24H40N4O3. The lowest BCUT2D eigenvalue weighted by Gasteiger charge is -2.36. The van der Waals surface area contributed by atoms with Crippen LogP contribution in [0.5, 0.6) is 5.75 Å². The van der Waals surface area contributed by atoms with Gasteiger partial charge in [-0.25, -0.2) is 0 Å². The van der Waals surface area contributed by atoms with Crippen LogP contribution in [0.2, 0.25) is 0 Å². The molecule has 31 heavy (non-hydrogen) atoms.